The molecule has 0 saturated carbocycles. The van der Waals surface area contributed by atoms with Gasteiger partial charge in [-0.2, -0.15) is 0 Å². The minimum atomic E-state index is -0.0479. The van der Waals surface area contributed by atoms with Crippen LogP contribution in [0.3, 0.4) is 0 Å². The van der Waals surface area contributed by atoms with E-state index in [1.807, 2.05) is 42.5 Å². The standard InChI is InChI=1S/C14H10N2O2Se/c17-11-6-8-12(9-7-11)19-14-16-15-13(18-14)10-4-2-1-3-5-10/h1-9,17H. The Balaban J connectivity index is 1.80. The molecule has 2 aromatic carbocycles. The first kappa shape index (κ1) is 12.0. The third kappa shape index (κ3) is 2.84. The molecule has 0 aliphatic rings. The normalized spacial score (nSPS) is 10.5. The van der Waals surface area contributed by atoms with Crippen molar-refractivity contribution in [2.75, 3.05) is 0 Å². The van der Waals surface area contributed by atoms with Crippen molar-refractivity contribution in [3.8, 4) is 17.2 Å². The molecule has 0 spiro atoms. The minimum absolute atomic E-state index is 0.0479. The summed E-state index contributed by atoms with van der Waals surface area (Å²) in [7, 11) is 0. The van der Waals surface area contributed by atoms with Crippen molar-refractivity contribution < 1.29 is 9.52 Å². The summed E-state index contributed by atoms with van der Waals surface area (Å²) in [6.45, 7) is 0. The molecule has 1 N–H and O–H groups in total. The molecule has 1 heterocycles. The second-order valence-corrected chi connectivity index (χ2v) is 5.99. The van der Waals surface area contributed by atoms with Crippen LogP contribution in [0.1, 0.15) is 0 Å². The molecule has 4 nitrogen and oxygen atoms in total. The maximum absolute atomic E-state index is 9.23. The van der Waals surface area contributed by atoms with Crippen LogP contribution in [0.15, 0.2) is 59.0 Å². The van der Waals surface area contributed by atoms with Crippen molar-refractivity contribution in [2.45, 2.75) is 0 Å². The van der Waals surface area contributed by atoms with Crippen LogP contribution >= 0.6 is 0 Å². The Kier molecular flexibility index (Phi) is 3.31. The van der Waals surface area contributed by atoms with Gasteiger partial charge < -0.3 is 0 Å². The van der Waals surface area contributed by atoms with Crippen molar-refractivity contribution in [1.82, 2.24) is 10.2 Å². The van der Waals surface area contributed by atoms with Gasteiger partial charge in [-0.25, -0.2) is 0 Å². The molecule has 0 amide bonds. The van der Waals surface area contributed by atoms with E-state index in [9.17, 15) is 5.11 Å². The van der Waals surface area contributed by atoms with E-state index in [-0.39, 0.29) is 20.7 Å². The van der Waals surface area contributed by atoms with Crippen LogP contribution in [0.4, 0.5) is 0 Å². The molecule has 0 fully saturated rings. The predicted octanol–water partition coefficient (Wildman–Crippen LogP) is 1.10. The van der Waals surface area contributed by atoms with Gasteiger partial charge in [0.25, 0.3) is 0 Å². The quantitative estimate of drug-likeness (QED) is 0.735. The van der Waals surface area contributed by atoms with Crippen LogP contribution < -0.4 is 9.25 Å². The van der Waals surface area contributed by atoms with E-state index in [1.54, 1.807) is 12.1 Å². The monoisotopic (exact) mass is 318 g/mol. The number of phenolic OH excluding ortho intramolecular Hbond substituents is 1. The predicted molar refractivity (Wildman–Crippen MR) is 72.9 cm³/mol. The van der Waals surface area contributed by atoms with Crippen molar-refractivity contribution in [3.63, 3.8) is 0 Å². The number of aromatic hydroxyl groups is 1. The van der Waals surface area contributed by atoms with Gasteiger partial charge in [0, 0.05) is 0 Å². The Morgan fingerprint density at radius 2 is 1.63 bits per heavy atom. The number of hydrogen-bond donors (Lipinski definition) is 1. The number of aromatic nitrogens is 2. The van der Waals surface area contributed by atoms with Gasteiger partial charge in [0.05, 0.1) is 0 Å². The van der Waals surface area contributed by atoms with Crippen LogP contribution in [0, 0.1) is 0 Å². The van der Waals surface area contributed by atoms with Crippen LogP contribution in [0.25, 0.3) is 11.5 Å². The van der Waals surface area contributed by atoms with Crippen molar-refractivity contribution >= 4 is 24.2 Å². The molecule has 5 heteroatoms. The molecule has 0 aliphatic heterocycles. The molecule has 0 atom stereocenters. The van der Waals surface area contributed by atoms with Gasteiger partial charge in [-0.1, -0.05) is 0 Å². The summed E-state index contributed by atoms with van der Waals surface area (Å²) in [4.78, 5) is 0.622. The molecule has 1 aromatic heterocycles. The van der Waals surface area contributed by atoms with Gasteiger partial charge in [0.2, 0.25) is 0 Å². The fraction of sp³-hybridized carbons (Fsp3) is 0. The molecule has 0 aliphatic carbocycles. The summed E-state index contributed by atoms with van der Waals surface area (Å²) in [5.74, 6) is 0.798. The molecular weight excluding hydrogens is 307 g/mol. The summed E-state index contributed by atoms with van der Waals surface area (Å²) in [5, 5.41) is 17.3. The molecule has 3 rings (SSSR count). The van der Waals surface area contributed by atoms with Crippen LogP contribution in [-0.2, 0) is 0 Å². The number of phenols is 1. The summed E-state index contributed by atoms with van der Waals surface area (Å²) >= 11 is -0.0479. The van der Waals surface area contributed by atoms with E-state index in [0.29, 0.717) is 10.7 Å². The maximum atomic E-state index is 9.23. The summed E-state index contributed by atoms with van der Waals surface area (Å²) in [5.41, 5.74) is 0.919. The van der Waals surface area contributed by atoms with Gasteiger partial charge in [-0.05, 0) is 0 Å². The molecule has 0 bridgehead atoms. The SMILES string of the molecule is Oc1ccc([Se]c2nnc(-c3ccccc3)o2)cc1. The number of hydrogen-bond acceptors (Lipinski definition) is 4. The van der Waals surface area contributed by atoms with Crippen molar-refractivity contribution in [2.24, 2.45) is 0 Å². The fourth-order valence-corrected chi connectivity index (χ4v) is 2.98. The van der Waals surface area contributed by atoms with Crippen LogP contribution in [0.2, 0.25) is 0 Å². The summed E-state index contributed by atoms with van der Waals surface area (Å²) < 4.78 is 6.72. The Labute approximate surface area is 116 Å². The summed E-state index contributed by atoms with van der Waals surface area (Å²) in [6, 6.07) is 16.7. The first-order valence-electron chi connectivity index (χ1n) is 5.67. The van der Waals surface area contributed by atoms with Gasteiger partial charge in [0.15, 0.2) is 0 Å². The summed E-state index contributed by atoms with van der Waals surface area (Å²) in [6.07, 6.45) is 0. The fourth-order valence-electron chi connectivity index (χ4n) is 1.56. The van der Waals surface area contributed by atoms with Gasteiger partial charge in [0.1, 0.15) is 0 Å². The molecule has 19 heavy (non-hydrogen) atoms. The number of nitrogens with zero attached hydrogens (tertiary/aromatic N) is 2. The second kappa shape index (κ2) is 5.26. The van der Waals surface area contributed by atoms with Crippen LogP contribution in [-0.4, -0.2) is 30.3 Å². The van der Waals surface area contributed by atoms with E-state index in [2.05, 4.69) is 10.2 Å². The zero-order valence-electron chi connectivity index (χ0n) is 9.85. The van der Waals surface area contributed by atoms with E-state index >= 15 is 0 Å². The van der Waals surface area contributed by atoms with Gasteiger partial charge >= 0.3 is 116 Å². The van der Waals surface area contributed by atoms with Crippen LogP contribution in [0.5, 0.6) is 5.75 Å². The van der Waals surface area contributed by atoms with Crippen molar-refractivity contribution in [3.05, 3.63) is 54.6 Å². The third-order valence-corrected chi connectivity index (χ3v) is 4.25. The van der Waals surface area contributed by atoms with Crippen molar-refractivity contribution in [1.29, 1.82) is 0 Å². The molecule has 0 saturated heterocycles. The molecule has 94 valence electrons. The Hall–Kier alpha value is -2.10. The molecule has 0 radical (unpaired) electrons. The third-order valence-electron chi connectivity index (χ3n) is 2.47. The number of benzene rings is 2. The van der Waals surface area contributed by atoms with E-state index in [0.717, 1.165) is 10.0 Å². The first-order chi connectivity index (χ1) is 9.31. The van der Waals surface area contributed by atoms with E-state index < -0.39 is 0 Å². The average molecular weight is 317 g/mol. The second-order valence-electron chi connectivity index (χ2n) is 3.84. The van der Waals surface area contributed by atoms with E-state index in [4.69, 9.17) is 4.42 Å². The first-order valence-corrected chi connectivity index (χ1v) is 7.38. The number of rotatable bonds is 3. The Morgan fingerprint density at radius 3 is 2.37 bits per heavy atom. The molecule has 3 aromatic rings. The Morgan fingerprint density at radius 1 is 0.895 bits per heavy atom. The average Bonchev–Trinajstić information content (AvgIpc) is 2.91. The van der Waals surface area contributed by atoms with Gasteiger partial charge in [-0.15, -0.1) is 0 Å². The zero-order chi connectivity index (χ0) is 13.1. The molecular formula is C14H10N2O2Se. The topological polar surface area (TPSA) is 59.2 Å². The van der Waals surface area contributed by atoms with Gasteiger partial charge in [-0.3, -0.25) is 0 Å². The molecule has 0 unspecified atom stereocenters. The zero-order valence-corrected chi connectivity index (χ0v) is 11.6. The van der Waals surface area contributed by atoms with E-state index in [1.165, 1.54) is 0 Å². The Bertz CT molecular complexity index is 665.